The van der Waals surface area contributed by atoms with Crippen molar-refractivity contribution in [3.63, 3.8) is 0 Å². The number of hydrogen-bond acceptors (Lipinski definition) is 2. The maximum absolute atomic E-state index is 12.2. The van der Waals surface area contributed by atoms with Gasteiger partial charge in [-0.25, -0.2) is 0 Å². The predicted octanol–water partition coefficient (Wildman–Crippen LogP) is 5.43. The average molecular weight is 314 g/mol. The van der Waals surface area contributed by atoms with E-state index in [1.54, 1.807) is 6.07 Å². The summed E-state index contributed by atoms with van der Waals surface area (Å²) in [4.78, 5) is 12.2. The van der Waals surface area contributed by atoms with Gasteiger partial charge in [-0.1, -0.05) is 55.2 Å². The molecule has 0 aliphatic rings. The van der Waals surface area contributed by atoms with Gasteiger partial charge in [0.1, 0.15) is 4.34 Å². The van der Waals surface area contributed by atoms with Crippen molar-refractivity contribution in [3.8, 4) is 0 Å². The number of anilines is 1. The van der Waals surface area contributed by atoms with E-state index in [0.717, 1.165) is 11.3 Å². The van der Waals surface area contributed by atoms with Gasteiger partial charge in [0.2, 0.25) is 0 Å². The molecule has 1 aromatic heterocycles. The minimum Gasteiger partial charge on any atom is -0.322 e. The summed E-state index contributed by atoms with van der Waals surface area (Å²) in [5.74, 6) is 0.0966. The number of rotatable bonds is 3. The molecule has 0 unspecified atom stereocenters. The summed E-state index contributed by atoms with van der Waals surface area (Å²) in [5.41, 5.74) is 2.31. The van der Waals surface area contributed by atoms with Crippen LogP contribution < -0.4 is 5.32 Å². The first kappa shape index (κ1) is 14.4. The quantitative estimate of drug-likeness (QED) is 0.804. The van der Waals surface area contributed by atoms with Crippen molar-refractivity contribution in [3.05, 3.63) is 50.1 Å². The Hall–Kier alpha value is -1.03. The van der Waals surface area contributed by atoms with Crippen molar-refractivity contribution in [2.45, 2.75) is 19.8 Å². The molecule has 0 atom stereocenters. The van der Waals surface area contributed by atoms with E-state index in [1.165, 1.54) is 11.3 Å². The van der Waals surface area contributed by atoms with E-state index in [2.05, 4.69) is 19.2 Å². The number of carbonyl (C=O) groups is 1. The summed E-state index contributed by atoms with van der Waals surface area (Å²) in [6, 6.07) is 9.32. The molecule has 2 aromatic rings. The molecule has 1 N–H and O–H groups in total. The number of carbonyl (C=O) groups excluding carboxylic acids is 1. The molecule has 1 amide bonds. The van der Waals surface area contributed by atoms with Gasteiger partial charge in [0, 0.05) is 5.69 Å². The van der Waals surface area contributed by atoms with E-state index < -0.39 is 0 Å². The Bertz CT molecular complexity index is 607. The second-order valence-electron chi connectivity index (χ2n) is 4.43. The third-order valence-corrected chi connectivity index (χ3v) is 4.22. The van der Waals surface area contributed by atoms with E-state index >= 15 is 0 Å². The van der Waals surface area contributed by atoms with Gasteiger partial charge in [0.05, 0.1) is 9.90 Å². The first-order chi connectivity index (χ1) is 8.99. The highest BCUT2D eigenvalue weighted by Gasteiger charge is 2.16. The smallest absolute Gasteiger partial charge is 0.258 e. The number of amides is 1. The molecular formula is C14H13Cl2NOS. The van der Waals surface area contributed by atoms with E-state index in [9.17, 15) is 4.79 Å². The molecule has 0 radical (unpaired) electrons. The molecule has 100 valence electrons. The number of thiophene rings is 1. The molecular weight excluding hydrogens is 301 g/mol. The molecule has 19 heavy (non-hydrogen) atoms. The summed E-state index contributed by atoms with van der Waals surface area (Å²) in [6.07, 6.45) is 0. The molecule has 2 nitrogen and oxygen atoms in total. The lowest BCUT2D eigenvalue weighted by Crippen LogP contribution is -2.13. The normalized spacial score (nSPS) is 10.8. The van der Waals surface area contributed by atoms with E-state index in [1.807, 2.05) is 24.3 Å². The Kier molecular flexibility index (Phi) is 4.50. The number of para-hydroxylation sites is 1. The average Bonchev–Trinajstić information content (AvgIpc) is 2.69. The fraction of sp³-hybridized carbons (Fsp3) is 0.214. The second kappa shape index (κ2) is 5.95. The van der Waals surface area contributed by atoms with Gasteiger partial charge >= 0.3 is 0 Å². The lowest BCUT2D eigenvalue weighted by Gasteiger charge is -2.13. The predicted molar refractivity (Wildman–Crippen MR) is 82.8 cm³/mol. The maximum Gasteiger partial charge on any atom is 0.258 e. The van der Waals surface area contributed by atoms with Gasteiger partial charge in [-0.2, -0.15) is 0 Å². The van der Waals surface area contributed by atoms with Crippen LogP contribution >= 0.6 is 34.5 Å². The van der Waals surface area contributed by atoms with Crippen LogP contribution in [0.1, 0.15) is 35.7 Å². The third kappa shape index (κ3) is 3.30. The zero-order valence-electron chi connectivity index (χ0n) is 10.5. The second-order valence-corrected chi connectivity index (χ2v) is 6.72. The fourth-order valence-electron chi connectivity index (χ4n) is 1.80. The largest absolute Gasteiger partial charge is 0.322 e. The highest BCUT2D eigenvalue weighted by atomic mass is 35.5. The van der Waals surface area contributed by atoms with E-state index in [-0.39, 0.29) is 5.91 Å². The molecule has 5 heteroatoms. The van der Waals surface area contributed by atoms with Gasteiger partial charge < -0.3 is 5.32 Å². The molecule has 0 bridgehead atoms. The van der Waals surface area contributed by atoms with Crippen molar-refractivity contribution < 1.29 is 4.79 Å². The number of halogens is 2. The zero-order valence-corrected chi connectivity index (χ0v) is 12.9. The molecule has 1 heterocycles. The Labute approximate surface area is 126 Å². The molecule has 0 aliphatic carbocycles. The number of hydrogen-bond donors (Lipinski definition) is 1. The Morgan fingerprint density at radius 1 is 1.26 bits per heavy atom. The van der Waals surface area contributed by atoms with Gasteiger partial charge in [0.25, 0.3) is 5.91 Å². The van der Waals surface area contributed by atoms with Crippen LogP contribution in [0.2, 0.25) is 8.67 Å². The minimum atomic E-state index is -0.235. The lowest BCUT2D eigenvalue weighted by atomic mass is 10.0. The summed E-state index contributed by atoms with van der Waals surface area (Å²) in [6.45, 7) is 4.17. The summed E-state index contributed by atoms with van der Waals surface area (Å²) < 4.78 is 0.914. The van der Waals surface area contributed by atoms with Crippen LogP contribution in [-0.4, -0.2) is 5.91 Å². The molecule has 0 saturated carbocycles. The highest BCUT2D eigenvalue weighted by molar-refractivity contribution is 7.20. The number of benzene rings is 1. The van der Waals surface area contributed by atoms with Gasteiger partial charge in [-0.3, -0.25) is 4.79 Å². The minimum absolute atomic E-state index is 0.235. The Morgan fingerprint density at radius 3 is 2.53 bits per heavy atom. The molecule has 0 fully saturated rings. The van der Waals surface area contributed by atoms with E-state index in [4.69, 9.17) is 23.2 Å². The van der Waals surface area contributed by atoms with Crippen LogP contribution in [0.15, 0.2) is 30.3 Å². The summed E-state index contributed by atoms with van der Waals surface area (Å²) in [7, 11) is 0. The summed E-state index contributed by atoms with van der Waals surface area (Å²) in [5, 5.41) is 2.89. The van der Waals surface area contributed by atoms with Crippen molar-refractivity contribution in [2.75, 3.05) is 5.32 Å². The molecule has 0 saturated heterocycles. The molecule has 0 aliphatic heterocycles. The van der Waals surface area contributed by atoms with Crippen LogP contribution in [-0.2, 0) is 0 Å². The SMILES string of the molecule is CC(C)c1ccccc1NC(=O)c1cc(Cl)sc1Cl. The van der Waals surface area contributed by atoms with Crippen molar-refractivity contribution in [1.82, 2.24) is 0 Å². The van der Waals surface area contributed by atoms with Crippen LogP contribution in [0.5, 0.6) is 0 Å². The first-order valence-corrected chi connectivity index (χ1v) is 7.41. The van der Waals surface area contributed by atoms with Crippen LogP contribution in [0.4, 0.5) is 5.69 Å². The zero-order chi connectivity index (χ0) is 14.0. The fourth-order valence-corrected chi connectivity index (χ4v) is 3.26. The molecule has 2 rings (SSSR count). The topological polar surface area (TPSA) is 29.1 Å². The molecule has 0 spiro atoms. The van der Waals surface area contributed by atoms with Gasteiger partial charge in [-0.15, -0.1) is 11.3 Å². The lowest BCUT2D eigenvalue weighted by molar-refractivity contribution is 0.102. The standard InChI is InChI=1S/C14H13Cl2NOS/c1-8(2)9-5-3-4-6-11(9)17-14(18)10-7-12(15)19-13(10)16/h3-8H,1-2H3,(H,17,18). The monoisotopic (exact) mass is 313 g/mol. The van der Waals surface area contributed by atoms with Crippen molar-refractivity contribution in [2.24, 2.45) is 0 Å². The first-order valence-electron chi connectivity index (χ1n) is 5.84. The van der Waals surface area contributed by atoms with Crippen LogP contribution in [0.25, 0.3) is 0 Å². The third-order valence-electron chi connectivity index (χ3n) is 2.73. The summed E-state index contributed by atoms with van der Waals surface area (Å²) >= 11 is 13.0. The van der Waals surface area contributed by atoms with Crippen LogP contribution in [0.3, 0.4) is 0 Å². The van der Waals surface area contributed by atoms with Gasteiger partial charge in [0.15, 0.2) is 0 Å². The van der Waals surface area contributed by atoms with Crippen molar-refractivity contribution >= 4 is 46.1 Å². The van der Waals surface area contributed by atoms with Crippen LogP contribution in [0, 0.1) is 0 Å². The number of nitrogens with one attached hydrogen (secondary N) is 1. The Balaban J connectivity index is 2.27. The van der Waals surface area contributed by atoms with E-state index in [0.29, 0.717) is 20.2 Å². The maximum atomic E-state index is 12.2. The Morgan fingerprint density at radius 2 is 1.95 bits per heavy atom. The van der Waals surface area contributed by atoms with Crippen molar-refractivity contribution in [1.29, 1.82) is 0 Å². The highest BCUT2D eigenvalue weighted by Crippen LogP contribution is 2.32. The molecule has 1 aromatic carbocycles. The van der Waals surface area contributed by atoms with Gasteiger partial charge in [-0.05, 0) is 23.6 Å².